The van der Waals surface area contributed by atoms with Gasteiger partial charge in [-0.05, 0) is 12.8 Å². The van der Waals surface area contributed by atoms with E-state index < -0.39 is 15.7 Å². The van der Waals surface area contributed by atoms with Crippen LogP contribution in [-0.2, 0) is 14.9 Å². The Hall–Kier alpha value is -0.210. The van der Waals surface area contributed by atoms with Gasteiger partial charge in [-0.3, -0.25) is 0 Å². The van der Waals surface area contributed by atoms with E-state index in [1.54, 1.807) is 6.92 Å². The first kappa shape index (κ1) is 12.9. The molecule has 0 aromatic rings. The van der Waals surface area contributed by atoms with Crippen LogP contribution in [0.5, 0.6) is 0 Å². The fraction of sp³-hybridized carbons (Fsp3) is 1.00. The van der Waals surface area contributed by atoms with E-state index in [9.17, 15) is 8.42 Å². The van der Waals surface area contributed by atoms with Crippen molar-refractivity contribution in [2.75, 3.05) is 26.3 Å². The van der Waals surface area contributed by atoms with E-state index >= 15 is 0 Å². The van der Waals surface area contributed by atoms with Crippen LogP contribution >= 0.6 is 0 Å². The van der Waals surface area contributed by atoms with Crippen molar-refractivity contribution in [1.82, 2.24) is 9.44 Å². The molecule has 0 unspecified atom stereocenters. The number of rotatable bonds is 5. The predicted octanol–water partition coefficient (Wildman–Crippen LogP) is -1.06. The lowest BCUT2D eigenvalue weighted by atomic mass is 9.92. The van der Waals surface area contributed by atoms with Crippen molar-refractivity contribution in [2.24, 2.45) is 5.73 Å². The molecule has 0 aromatic heterocycles. The van der Waals surface area contributed by atoms with E-state index in [1.807, 2.05) is 0 Å². The molecule has 0 bridgehead atoms. The van der Waals surface area contributed by atoms with Gasteiger partial charge in [0.25, 0.3) is 10.2 Å². The molecule has 15 heavy (non-hydrogen) atoms. The maximum atomic E-state index is 11.5. The maximum Gasteiger partial charge on any atom is 0.277 e. The summed E-state index contributed by atoms with van der Waals surface area (Å²) in [6.45, 7) is 3.49. The van der Waals surface area contributed by atoms with Gasteiger partial charge in [0, 0.05) is 26.3 Å². The zero-order valence-corrected chi connectivity index (χ0v) is 9.77. The highest BCUT2D eigenvalue weighted by Crippen LogP contribution is 2.19. The SMILES string of the molecule is CCNS(=O)(=O)NC1(CN)CCOCC1. The second-order valence-corrected chi connectivity index (χ2v) is 5.20. The van der Waals surface area contributed by atoms with E-state index in [1.165, 1.54) is 0 Å². The average molecular weight is 237 g/mol. The summed E-state index contributed by atoms with van der Waals surface area (Å²) in [5.41, 5.74) is 5.09. The van der Waals surface area contributed by atoms with Gasteiger partial charge in [-0.2, -0.15) is 13.1 Å². The van der Waals surface area contributed by atoms with Crippen molar-refractivity contribution in [2.45, 2.75) is 25.3 Å². The van der Waals surface area contributed by atoms with Gasteiger partial charge < -0.3 is 10.5 Å². The van der Waals surface area contributed by atoms with Gasteiger partial charge in [-0.15, -0.1) is 0 Å². The summed E-state index contributed by atoms with van der Waals surface area (Å²) in [6.07, 6.45) is 1.24. The Kier molecular flexibility index (Phi) is 4.47. The van der Waals surface area contributed by atoms with Crippen LogP contribution < -0.4 is 15.2 Å². The van der Waals surface area contributed by atoms with Crippen LogP contribution in [0.1, 0.15) is 19.8 Å². The third-order valence-electron chi connectivity index (χ3n) is 2.53. The summed E-state index contributed by atoms with van der Waals surface area (Å²) in [6, 6.07) is 0. The fourth-order valence-corrected chi connectivity index (χ4v) is 2.93. The molecule has 0 spiro atoms. The predicted molar refractivity (Wildman–Crippen MR) is 57.6 cm³/mol. The van der Waals surface area contributed by atoms with Crippen molar-refractivity contribution in [3.8, 4) is 0 Å². The van der Waals surface area contributed by atoms with Crippen LogP contribution in [0.4, 0.5) is 0 Å². The molecule has 1 aliphatic heterocycles. The first-order chi connectivity index (χ1) is 7.04. The van der Waals surface area contributed by atoms with Gasteiger partial charge in [-0.25, -0.2) is 4.72 Å². The largest absolute Gasteiger partial charge is 0.381 e. The van der Waals surface area contributed by atoms with Gasteiger partial charge in [0.1, 0.15) is 0 Å². The number of nitrogens with one attached hydrogen (secondary N) is 2. The van der Waals surface area contributed by atoms with Crippen LogP contribution in [0, 0.1) is 0 Å². The van der Waals surface area contributed by atoms with E-state index in [0.29, 0.717) is 39.1 Å². The molecular formula is C8H19N3O3S. The molecule has 1 saturated heterocycles. The van der Waals surface area contributed by atoms with Crippen LogP contribution in [0.2, 0.25) is 0 Å². The van der Waals surface area contributed by atoms with Crippen molar-refractivity contribution in [3.05, 3.63) is 0 Å². The third kappa shape index (κ3) is 3.69. The monoisotopic (exact) mass is 237 g/mol. The van der Waals surface area contributed by atoms with Gasteiger partial charge in [-0.1, -0.05) is 6.92 Å². The molecule has 1 rings (SSSR count). The summed E-state index contributed by atoms with van der Waals surface area (Å²) < 4.78 is 33.3. The molecule has 0 aliphatic carbocycles. The minimum absolute atomic E-state index is 0.293. The molecule has 0 radical (unpaired) electrons. The first-order valence-corrected chi connectivity index (χ1v) is 6.58. The lowest BCUT2D eigenvalue weighted by Gasteiger charge is -2.36. The van der Waals surface area contributed by atoms with Crippen LogP contribution in [0.15, 0.2) is 0 Å². The van der Waals surface area contributed by atoms with Crippen LogP contribution in [0.3, 0.4) is 0 Å². The quantitative estimate of drug-likeness (QED) is 0.568. The molecule has 0 amide bonds. The molecule has 1 fully saturated rings. The fourth-order valence-electron chi connectivity index (χ4n) is 1.62. The van der Waals surface area contributed by atoms with Crippen molar-refractivity contribution in [3.63, 3.8) is 0 Å². The van der Waals surface area contributed by atoms with Gasteiger partial charge >= 0.3 is 0 Å². The first-order valence-electron chi connectivity index (χ1n) is 5.10. The van der Waals surface area contributed by atoms with Crippen LogP contribution in [-0.4, -0.2) is 40.3 Å². The molecule has 0 saturated carbocycles. The van der Waals surface area contributed by atoms with E-state index in [4.69, 9.17) is 10.5 Å². The highest BCUT2D eigenvalue weighted by atomic mass is 32.2. The zero-order valence-electron chi connectivity index (χ0n) is 8.95. The smallest absolute Gasteiger partial charge is 0.277 e. The molecule has 1 aliphatic rings. The molecule has 90 valence electrons. The van der Waals surface area contributed by atoms with Crippen LogP contribution in [0.25, 0.3) is 0 Å². The molecule has 1 heterocycles. The second kappa shape index (κ2) is 5.22. The number of hydrogen-bond donors (Lipinski definition) is 3. The summed E-state index contributed by atoms with van der Waals surface area (Å²) in [5.74, 6) is 0. The van der Waals surface area contributed by atoms with Crippen molar-refractivity contribution in [1.29, 1.82) is 0 Å². The highest BCUT2D eigenvalue weighted by Gasteiger charge is 2.34. The molecular weight excluding hydrogens is 218 g/mol. The molecule has 0 atom stereocenters. The maximum absolute atomic E-state index is 11.5. The van der Waals surface area contributed by atoms with Gasteiger partial charge in [0.05, 0.1) is 5.54 Å². The molecule has 6 nitrogen and oxygen atoms in total. The second-order valence-electron chi connectivity index (χ2n) is 3.70. The van der Waals surface area contributed by atoms with E-state index in [0.717, 1.165) is 0 Å². The molecule has 7 heteroatoms. The number of hydrogen-bond acceptors (Lipinski definition) is 4. The van der Waals surface area contributed by atoms with Crippen molar-refractivity contribution < 1.29 is 13.2 Å². The Labute approximate surface area is 90.7 Å². The molecule has 0 aromatic carbocycles. The topological polar surface area (TPSA) is 93.5 Å². The third-order valence-corrected chi connectivity index (χ3v) is 3.90. The Morgan fingerprint density at radius 2 is 2.00 bits per heavy atom. The number of nitrogens with two attached hydrogens (primary N) is 1. The number of ether oxygens (including phenoxy) is 1. The summed E-state index contributed by atoms with van der Waals surface area (Å²) >= 11 is 0. The zero-order chi connectivity index (χ0) is 11.4. The minimum Gasteiger partial charge on any atom is -0.381 e. The van der Waals surface area contributed by atoms with E-state index in [-0.39, 0.29) is 0 Å². The Morgan fingerprint density at radius 1 is 1.40 bits per heavy atom. The normalized spacial score (nSPS) is 21.5. The summed E-state index contributed by atoms with van der Waals surface area (Å²) in [7, 11) is -3.44. The average Bonchev–Trinajstić information content (AvgIpc) is 2.18. The Balaban J connectivity index is 2.66. The minimum atomic E-state index is -3.44. The summed E-state index contributed by atoms with van der Waals surface area (Å²) in [4.78, 5) is 0. The lowest BCUT2D eigenvalue weighted by Crippen LogP contribution is -2.58. The van der Waals surface area contributed by atoms with Gasteiger partial charge in [0.15, 0.2) is 0 Å². The van der Waals surface area contributed by atoms with E-state index in [2.05, 4.69) is 9.44 Å². The summed E-state index contributed by atoms with van der Waals surface area (Å²) in [5, 5.41) is 0. The lowest BCUT2D eigenvalue weighted by molar-refractivity contribution is 0.0501. The van der Waals surface area contributed by atoms with Crippen molar-refractivity contribution >= 4 is 10.2 Å². The molecule has 4 N–H and O–H groups in total. The Bertz CT molecular complexity index is 286. The van der Waals surface area contributed by atoms with Gasteiger partial charge in [0.2, 0.25) is 0 Å². The standard InChI is InChI=1S/C8H19N3O3S/c1-2-10-15(12,13)11-8(7-9)3-5-14-6-4-8/h10-11H,2-7,9H2,1H3. The Morgan fingerprint density at radius 3 is 2.47 bits per heavy atom. The highest BCUT2D eigenvalue weighted by molar-refractivity contribution is 7.87.